The van der Waals surface area contributed by atoms with Crippen LogP contribution < -0.4 is 4.72 Å². The molecule has 86 valence electrons. The van der Waals surface area contributed by atoms with Crippen molar-refractivity contribution in [1.82, 2.24) is 4.72 Å². The molecule has 0 unspecified atom stereocenters. The predicted octanol–water partition coefficient (Wildman–Crippen LogP) is 1.34. The molecule has 1 N–H and O–H groups in total. The van der Waals surface area contributed by atoms with Gasteiger partial charge >= 0.3 is 0 Å². The largest absolute Gasteiger partial charge is 0.242 e. The first-order valence-corrected chi connectivity index (χ1v) is 6.26. The van der Waals surface area contributed by atoms with Crippen molar-refractivity contribution in [3.63, 3.8) is 0 Å². The topological polar surface area (TPSA) is 75.6 Å². The molecule has 0 saturated heterocycles. The number of sulfonamides is 1. The molecule has 0 aliphatic rings. The number of para-hydroxylation sites is 1. The van der Waals surface area contributed by atoms with E-state index in [2.05, 4.69) is 9.71 Å². The third-order valence-electron chi connectivity index (χ3n) is 1.86. The van der Waals surface area contributed by atoms with Gasteiger partial charge in [-0.25, -0.2) is 17.9 Å². The van der Waals surface area contributed by atoms with E-state index in [9.17, 15) is 13.2 Å². The Bertz CT molecular complexity index is 505. The van der Waals surface area contributed by atoms with Gasteiger partial charge in [-0.1, -0.05) is 19.1 Å². The molecule has 1 rings (SSSR count). The van der Waals surface area contributed by atoms with Gasteiger partial charge in [-0.15, -0.1) is 0 Å². The average molecular weight is 240 g/mol. The summed E-state index contributed by atoms with van der Waals surface area (Å²) in [4.78, 5) is 13.5. The van der Waals surface area contributed by atoms with Crippen LogP contribution in [-0.2, 0) is 14.8 Å². The highest BCUT2D eigenvalue weighted by atomic mass is 32.2. The Balaban J connectivity index is 3.16. The lowest BCUT2D eigenvalue weighted by atomic mass is 10.3. The van der Waals surface area contributed by atoms with Gasteiger partial charge in [0.05, 0.1) is 5.69 Å². The van der Waals surface area contributed by atoms with Crippen LogP contribution in [0.4, 0.5) is 5.69 Å². The number of rotatable bonds is 5. The summed E-state index contributed by atoms with van der Waals surface area (Å²) in [6, 6.07) is 6.03. The zero-order valence-corrected chi connectivity index (χ0v) is 9.62. The lowest BCUT2D eigenvalue weighted by Gasteiger charge is -2.06. The Kier molecular flexibility index (Phi) is 4.37. The van der Waals surface area contributed by atoms with Gasteiger partial charge in [0, 0.05) is 6.54 Å². The fourth-order valence-electron chi connectivity index (χ4n) is 1.14. The summed E-state index contributed by atoms with van der Waals surface area (Å²) < 4.78 is 26.0. The van der Waals surface area contributed by atoms with Gasteiger partial charge in [-0.05, 0) is 18.6 Å². The number of benzene rings is 1. The van der Waals surface area contributed by atoms with Gasteiger partial charge in [-0.2, -0.15) is 4.99 Å². The molecule has 16 heavy (non-hydrogen) atoms. The van der Waals surface area contributed by atoms with Crippen LogP contribution in [0, 0.1) is 0 Å². The van der Waals surface area contributed by atoms with Gasteiger partial charge in [0.15, 0.2) is 0 Å². The molecule has 1 aromatic rings. The van der Waals surface area contributed by atoms with E-state index in [0.717, 1.165) is 0 Å². The van der Waals surface area contributed by atoms with Crippen molar-refractivity contribution in [2.75, 3.05) is 6.54 Å². The van der Waals surface area contributed by atoms with Crippen LogP contribution in [0.1, 0.15) is 13.3 Å². The van der Waals surface area contributed by atoms with Crippen molar-refractivity contribution in [3.05, 3.63) is 24.3 Å². The summed E-state index contributed by atoms with van der Waals surface area (Å²) in [6.07, 6.45) is 2.03. The SMILES string of the molecule is CCCNS(=O)(=O)c1ccccc1N=C=O. The maximum Gasteiger partial charge on any atom is 0.242 e. The van der Waals surface area contributed by atoms with Gasteiger partial charge in [0.2, 0.25) is 16.1 Å². The zero-order valence-electron chi connectivity index (χ0n) is 8.80. The van der Waals surface area contributed by atoms with E-state index in [-0.39, 0.29) is 10.6 Å². The molecule has 0 bridgehead atoms. The first-order valence-electron chi connectivity index (χ1n) is 4.78. The van der Waals surface area contributed by atoms with Crippen molar-refractivity contribution >= 4 is 21.8 Å². The van der Waals surface area contributed by atoms with Crippen LogP contribution in [0.5, 0.6) is 0 Å². The van der Waals surface area contributed by atoms with Crippen molar-refractivity contribution in [1.29, 1.82) is 0 Å². The van der Waals surface area contributed by atoms with Gasteiger partial charge in [-0.3, -0.25) is 0 Å². The van der Waals surface area contributed by atoms with Crippen molar-refractivity contribution in [2.24, 2.45) is 4.99 Å². The van der Waals surface area contributed by atoms with E-state index < -0.39 is 10.0 Å². The Morgan fingerprint density at radius 1 is 1.38 bits per heavy atom. The molecule has 6 heteroatoms. The summed E-state index contributed by atoms with van der Waals surface area (Å²) in [5, 5.41) is 0. The van der Waals surface area contributed by atoms with E-state index in [1.807, 2.05) is 6.92 Å². The Morgan fingerprint density at radius 3 is 2.69 bits per heavy atom. The maximum absolute atomic E-state index is 11.8. The fourth-order valence-corrected chi connectivity index (χ4v) is 2.42. The monoisotopic (exact) mass is 240 g/mol. The van der Waals surface area contributed by atoms with E-state index in [1.54, 1.807) is 12.1 Å². The Morgan fingerprint density at radius 2 is 2.06 bits per heavy atom. The van der Waals surface area contributed by atoms with E-state index in [1.165, 1.54) is 18.2 Å². The summed E-state index contributed by atoms with van der Waals surface area (Å²) in [5.74, 6) is 0. The number of hydrogen-bond donors (Lipinski definition) is 1. The van der Waals surface area contributed by atoms with Gasteiger partial charge in [0.25, 0.3) is 0 Å². The highest BCUT2D eigenvalue weighted by molar-refractivity contribution is 7.89. The smallest absolute Gasteiger partial charge is 0.211 e. The zero-order chi connectivity index (χ0) is 12.0. The highest BCUT2D eigenvalue weighted by Crippen LogP contribution is 2.22. The van der Waals surface area contributed by atoms with Crippen molar-refractivity contribution in [2.45, 2.75) is 18.2 Å². The molecule has 0 aliphatic heterocycles. The molecular weight excluding hydrogens is 228 g/mol. The average Bonchev–Trinajstić information content (AvgIpc) is 2.27. The number of isocyanates is 1. The highest BCUT2D eigenvalue weighted by Gasteiger charge is 2.16. The standard InChI is InChI=1S/C10H12N2O3S/c1-2-7-12-16(14,15)10-6-4-3-5-9(10)11-8-13/h3-6,12H,2,7H2,1H3. The number of aliphatic imine (C=N–C) groups is 1. The first-order chi connectivity index (χ1) is 7.61. The molecule has 0 fully saturated rings. The molecular formula is C10H12N2O3S. The second kappa shape index (κ2) is 5.55. The lowest BCUT2D eigenvalue weighted by molar-refractivity contribution is 0.565. The second-order valence-corrected chi connectivity index (χ2v) is 4.80. The molecule has 0 aromatic heterocycles. The summed E-state index contributed by atoms with van der Waals surface area (Å²) in [7, 11) is -3.60. The Labute approximate surface area is 94.3 Å². The maximum atomic E-state index is 11.8. The third-order valence-corrected chi connectivity index (χ3v) is 3.37. The van der Waals surface area contributed by atoms with Gasteiger partial charge in [0.1, 0.15) is 4.90 Å². The van der Waals surface area contributed by atoms with Crippen LogP contribution in [0.25, 0.3) is 0 Å². The molecule has 0 saturated carbocycles. The number of nitrogens with one attached hydrogen (secondary N) is 1. The third kappa shape index (κ3) is 3.00. The van der Waals surface area contributed by atoms with Crippen molar-refractivity contribution < 1.29 is 13.2 Å². The van der Waals surface area contributed by atoms with Gasteiger partial charge < -0.3 is 0 Å². The first kappa shape index (κ1) is 12.6. The summed E-state index contributed by atoms with van der Waals surface area (Å²) in [6.45, 7) is 2.21. The summed E-state index contributed by atoms with van der Waals surface area (Å²) in [5.41, 5.74) is 0.0982. The Hall–Kier alpha value is -1.49. The van der Waals surface area contributed by atoms with Crippen molar-refractivity contribution in [3.8, 4) is 0 Å². The molecule has 1 aromatic carbocycles. The minimum atomic E-state index is -3.60. The quantitative estimate of drug-likeness (QED) is 0.623. The number of hydrogen-bond acceptors (Lipinski definition) is 4. The molecule has 0 heterocycles. The van der Waals surface area contributed by atoms with Crippen LogP contribution in [0.3, 0.4) is 0 Å². The van der Waals surface area contributed by atoms with Crippen LogP contribution in [0.15, 0.2) is 34.2 Å². The minimum absolute atomic E-state index is 0.00759. The molecule has 0 radical (unpaired) electrons. The normalized spacial score (nSPS) is 10.8. The summed E-state index contributed by atoms with van der Waals surface area (Å²) >= 11 is 0. The van der Waals surface area contributed by atoms with Crippen LogP contribution >= 0.6 is 0 Å². The fraction of sp³-hybridized carbons (Fsp3) is 0.300. The molecule has 0 spiro atoms. The van der Waals surface area contributed by atoms with E-state index in [4.69, 9.17) is 0 Å². The van der Waals surface area contributed by atoms with E-state index >= 15 is 0 Å². The molecule has 0 atom stereocenters. The predicted molar refractivity (Wildman–Crippen MR) is 59.7 cm³/mol. The number of nitrogens with zero attached hydrogens (tertiary/aromatic N) is 1. The lowest BCUT2D eigenvalue weighted by Crippen LogP contribution is -2.24. The number of carbonyl (C=O) groups excluding carboxylic acids is 1. The molecule has 0 aliphatic carbocycles. The van der Waals surface area contributed by atoms with Crippen LogP contribution in [-0.4, -0.2) is 21.0 Å². The second-order valence-electron chi connectivity index (χ2n) is 3.07. The van der Waals surface area contributed by atoms with Crippen LogP contribution in [0.2, 0.25) is 0 Å². The molecule has 5 nitrogen and oxygen atoms in total. The molecule has 0 amide bonds. The van der Waals surface area contributed by atoms with E-state index in [0.29, 0.717) is 13.0 Å². The minimum Gasteiger partial charge on any atom is -0.211 e.